The molecule has 3 N–H and O–H groups in total. The summed E-state index contributed by atoms with van der Waals surface area (Å²) in [5.41, 5.74) is 3.21. The van der Waals surface area contributed by atoms with Gasteiger partial charge in [0.1, 0.15) is 5.75 Å². The fraction of sp³-hybridized carbons (Fsp3) is 0.286. The molecular formula is C21H23N5O4. The fourth-order valence-corrected chi connectivity index (χ4v) is 2.99. The molecule has 2 aromatic heterocycles. The Kier molecular flexibility index (Phi) is 6.53. The summed E-state index contributed by atoms with van der Waals surface area (Å²) in [6.45, 7) is 3.69. The van der Waals surface area contributed by atoms with Crippen LogP contribution in [-0.4, -0.2) is 37.1 Å². The van der Waals surface area contributed by atoms with Gasteiger partial charge in [-0.05, 0) is 19.4 Å². The standard InChI is InChI=1S/C21H23N5O4/c1-3-4-9-26-21(30)16-8-6-5-7-15(16)18(25-26)20(29)24-23-11-17-14(12-27)10-22-13(2)19(17)28/h5-8,10-11,27-28H,3-4,9,12H2,1-2H3,(H,24,29)/b23-11+. The molecule has 0 atom stereocenters. The molecule has 1 aromatic carbocycles. The van der Waals surface area contributed by atoms with Crippen molar-refractivity contribution in [1.29, 1.82) is 0 Å². The van der Waals surface area contributed by atoms with Crippen LogP contribution in [0, 0.1) is 6.92 Å². The third-order valence-corrected chi connectivity index (χ3v) is 4.69. The van der Waals surface area contributed by atoms with Gasteiger partial charge in [0, 0.05) is 29.3 Å². The number of hydrogen-bond donors (Lipinski definition) is 3. The maximum atomic E-state index is 12.8. The van der Waals surface area contributed by atoms with E-state index in [2.05, 4.69) is 20.6 Å². The van der Waals surface area contributed by atoms with Crippen molar-refractivity contribution in [2.24, 2.45) is 5.10 Å². The number of carbonyl (C=O) groups excluding carboxylic acids is 1. The molecule has 0 aliphatic rings. The predicted octanol–water partition coefficient (Wildman–Crippen LogP) is 1.86. The van der Waals surface area contributed by atoms with E-state index in [9.17, 15) is 19.8 Å². The first-order valence-electron chi connectivity index (χ1n) is 9.59. The molecule has 9 nitrogen and oxygen atoms in total. The van der Waals surface area contributed by atoms with Crippen LogP contribution in [0.4, 0.5) is 0 Å². The lowest BCUT2D eigenvalue weighted by Gasteiger charge is -2.10. The molecule has 3 rings (SSSR count). The number of aromatic nitrogens is 3. The van der Waals surface area contributed by atoms with Crippen molar-refractivity contribution in [3.05, 3.63) is 63.3 Å². The molecule has 0 fully saturated rings. The largest absolute Gasteiger partial charge is 0.505 e. The number of pyridine rings is 1. The summed E-state index contributed by atoms with van der Waals surface area (Å²) in [5.74, 6) is -0.722. The number of fused-ring (bicyclic) bond motifs is 1. The van der Waals surface area contributed by atoms with Crippen molar-refractivity contribution in [3.63, 3.8) is 0 Å². The van der Waals surface area contributed by atoms with Crippen molar-refractivity contribution in [3.8, 4) is 5.75 Å². The zero-order chi connectivity index (χ0) is 21.7. The van der Waals surface area contributed by atoms with E-state index in [0.29, 0.717) is 28.6 Å². The zero-order valence-corrected chi connectivity index (χ0v) is 16.8. The van der Waals surface area contributed by atoms with Gasteiger partial charge in [-0.2, -0.15) is 10.2 Å². The second-order valence-electron chi connectivity index (χ2n) is 6.76. The van der Waals surface area contributed by atoms with Crippen LogP contribution in [-0.2, 0) is 13.2 Å². The van der Waals surface area contributed by atoms with Crippen molar-refractivity contribution in [2.75, 3.05) is 0 Å². The predicted molar refractivity (Wildman–Crippen MR) is 113 cm³/mol. The molecule has 0 spiro atoms. The van der Waals surface area contributed by atoms with E-state index in [-0.39, 0.29) is 29.2 Å². The number of carbonyl (C=O) groups is 1. The van der Waals surface area contributed by atoms with E-state index < -0.39 is 5.91 Å². The number of nitrogens with one attached hydrogen (secondary N) is 1. The second-order valence-corrected chi connectivity index (χ2v) is 6.76. The Hall–Kier alpha value is -3.59. The molecule has 3 aromatic rings. The van der Waals surface area contributed by atoms with Gasteiger partial charge in [-0.15, -0.1) is 0 Å². The molecule has 1 amide bonds. The lowest BCUT2D eigenvalue weighted by atomic mass is 10.1. The third-order valence-electron chi connectivity index (χ3n) is 4.69. The number of hydrazone groups is 1. The normalized spacial score (nSPS) is 11.3. The highest BCUT2D eigenvalue weighted by atomic mass is 16.3. The number of hydrogen-bond acceptors (Lipinski definition) is 7. The van der Waals surface area contributed by atoms with Crippen molar-refractivity contribution in [2.45, 2.75) is 39.8 Å². The summed E-state index contributed by atoms with van der Waals surface area (Å²) in [6, 6.07) is 6.78. The number of amides is 1. The molecule has 0 saturated heterocycles. The van der Waals surface area contributed by atoms with Gasteiger partial charge < -0.3 is 10.2 Å². The molecule has 0 aliphatic carbocycles. The minimum Gasteiger partial charge on any atom is -0.505 e. The zero-order valence-electron chi connectivity index (χ0n) is 16.8. The van der Waals surface area contributed by atoms with Crippen molar-refractivity contribution >= 4 is 22.9 Å². The number of benzene rings is 1. The number of nitrogens with zero attached hydrogens (tertiary/aromatic N) is 4. The minimum absolute atomic E-state index is 0.0796. The molecular weight excluding hydrogens is 386 g/mol. The molecule has 2 heterocycles. The van der Waals surface area contributed by atoms with Crippen LogP contribution in [0.5, 0.6) is 5.75 Å². The Morgan fingerprint density at radius 2 is 2.03 bits per heavy atom. The summed E-state index contributed by atoms with van der Waals surface area (Å²) in [4.78, 5) is 29.4. The van der Waals surface area contributed by atoms with Gasteiger partial charge in [0.2, 0.25) is 0 Å². The van der Waals surface area contributed by atoms with E-state index in [1.807, 2.05) is 6.92 Å². The molecule has 9 heteroatoms. The highest BCUT2D eigenvalue weighted by Crippen LogP contribution is 2.21. The Balaban J connectivity index is 1.94. The van der Waals surface area contributed by atoms with E-state index in [4.69, 9.17) is 0 Å². The molecule has 0 saturated carbocycles. The summed E-state index contributed by atoms with van der Waals surface area (Å²) >= 11 is 0. The lowest BCUT2D eigenvalue weighted by Crippen LogP contribution is -2.29. The number of aryl methyl sites for hydroxylation is 2. The summed E-state index contributed by atoms with van der Waals surface area (Å²) < 4.78 is 1.30. The Labute approximate surface area is 172 Å². The lowest BCUT2D eigenvalue weighted by molar-refractivity contribution is 0.0949. The molecule has 30 heavy (non-hydrogen) atoms. The molecule has 0 bridgehead atoms. The number of rotatable bonds is 7. The van der Waals surface area contributed by atoms with Crippen LogP contribution in [0.25, 0.3) is 10.8 Å². The SMILES string of the molecule is CCCCn1nc(C(=O)N/N=C/c2c(CO)cnc(C)c2O)c2ccccc2c1=O. The maximum Gasteiger partial charge on any atom is 0.292 e. The van der Waals surface area contributed by atoms with E-state index in [0.717, 1.165) is 12.8 Å². The molecule has 0 radical (unpaired) electrons. The Morgan fingerprint density at radius 3 is 2.73 bits per heavy atom. The maximum absolute atomic E-state index is 12.8. The van der Waals surface area contributed by atoms with Crippen molar-refractivity contribution in [1.82, 2.24) is 20.2 Å². The van der Waals surface area contributed by atoms with Crippen LogP contribution < -0.4 is 11.0 Å². The van der Waals surface area contributed by atoms with Gasteiger partial charge >= 0.3 is 0 Å². The first-order chi connectivity index (χ1) is 14.5. The number of unbranched alkanes of at least 4 members (excludes halogenated alkanes) is 1. The number of aliphatic hydroxyl groups excluding tert-OH is 1. The Bertz CT molecular complexity index is 1170. The van der Waals surface area contributed by atoms with Gasteiger partial charge in [-0.1, -0.05) is 31.5 Å². The van der Waals surface area contributed by atoms with E-state index in [1.54, 1.807) is 31.2 Å². The van der Waals surface area contributed by atoms with Gasteiger partial charge in [-0.3, -0.25) is 14.6 Å². The van der Waals surface area contributed by atoms with Crippen LogP contribution >= 0.6 is 0 Å². The molecule has 156 valence electrons. The topological polar surface area (TPSA) is 130 Å². The minimum atomic E-state index is -0.594. The third kappa shape index (κ3) is 4.20. The van der Waals surface area contributed by atoms with Gasteiger partial charge in [0.05, 0.1) is 23.9 Å². The highest BCUT2D eigenvalue weighted by Gasteiger charge is 2.16. The van der Waals surface area contributed by atoms with Crippen LogP contribution in [0.1, 0.15) is 47.1 Å². The van der Waals surface area contributed by atoms with E-state index >= 15 is 0 Å². The average Bonchev–Trinajstić information content (AvgIpc) is 2.76. The fourth-order valence-electron chi connectivity index (χ4n) is 2.99. The first-order valence-corrected chi connectivity index (χ1v) is 9.59. The monoisotopic (exact) mass is 409 g/mol. The van der Waals surface area contributed by atoms with Gasteiger partial charge in [-0.25, -0.2) is 10.1 Å². The smallest absolute Gasteiger partial charge is 0.292 e. The summed E-state index contributed by atoms with van der Waals surface area (Å²) in [6.07, 6.45) is 4.31. The second kappa shape index (κ2) is 9.27. The van der Waals surface area contributed by atoms with Crippen LogP contribution in [0.15, 0.2) is 40.4 Å². The summed E-state index contributed by atoms with van der Waals surface area (Å²) in [7, 11) is 0. The summed E-state index contributed by atoms with van der Waals surface area (Å²) in [5, 5.41) is 28.6. The number of aliphatic hydroxyl groups is 1. The molecule has 0 unspecified atom stereocenters. The number of aromatic hydroxyl groups is 1. The van der Waals surface area contributed by atoms with E-state index in [1.165, 1.54) is 17.1 Å². The first kappa shape index (κ1) is 21.1. The average molecular weight is 409 g/mol. The van der Waals surface area contributed by atoms with Crippen LogP contribution in [0.3, 0.4) is 0 Å². The van der Waals surface area contributed by atoms with Crippen molar-refractivity contribution < 1.29 is 15.0 Å². The quantitative estimate of drug-likeness (QED) is 0.403. The highest BCUT2D eigenvalue weighted by molar-refractivity contribution is 6.05. The Morgan fingerprint density at radius 1 is 1.30 bits per heavy atom. The molecule has 0 aliphatic heterocycles. The van der Waals surface area contributed by atoms with Gasteiger partial charge in [0.15, 0.2) is 5.69 Å². The van der Waals surface area contributed by atoms with Crippen LogP contribution in [0.2, 0.25) is 0 Å². The van der Waals surface area contributed by atoms with Gasteiger partial charge in [0.25, 0.3) is 11.5 Å².